The number of hydrogen-bond acceptors (Lipinski definition) is 4. The van der Waals surface area contributed by atoms with Crippen molar-refractivity contribution in [2.24, 2.45) is 11.5 Å². The molecule has 144 valence electrons. The second kappa shape index (κ2) is 6.56. The summed E-state index contributed by atoms with van der Waals surface area (Å²) in [6.45, 7) is 0. The molecule has 0 atom stereocenters. The first-order valence-corrected chi connectivity index (χ1v) is 9.32. The van der Waals surface area contributed by atoms with Gasteiger partial charge in [-0.05, 0) is 55.3 Å². The Morgan fingerprint density at radius 1 is 1.03 bits per heavy atom. The zero-order valence-electron chi connectivity index (χ0n) is 15.6. The lowest BCUT2D eigenvalue weighted by Crippen LogP contribution is -2.12. The third-order valence-corrected chi connectivity index (χ3v) is 5.03. The van der Waals surface area contributed by atoms with Crippen LogP contribution in [-0.2, 0) is 6.42 Å². The van der Waals surface area contributed by atoms with Crippen LogP contribution in [0, 0.1) is 0 Å². The maximum Gasteiger partial charge on any atom is 0.254 e. The van der Waals surface area contributed by atoms with Gasteiger partial charge in [-0.3, -0.25) is 9.89 Å². The van der Waals surface area contributed by atoms with Gasteiger partial charge in [0.25, 0.3) is 5.91 Å². The number of hydrogen-bond donors (Lipinski definition) is 3. The number of fused-ring (bicyclic) bond motifs is 3. The van der Waals surface area contributed by atoms with Gasteiger partial charge in [0.2, 0.25) is 0 Å². The maximum absolute atomic E-state index is 12.2. The van der Waals surface area contributed by atoms with Crippen molar-refractivity contribution in [2.45, 2.75) is 12.8 Å². The van der Waals surface area contributed by atoms with Gasteiger partial charge in [0.15, 0.2) is 5.65 Å². The predicted molar refractivity (Wildman–Crippen MR) is 110 cm³/mol. The van der Waals surface area contributed by atoms with Crippen molar-refractivity contribution in [1.82, 2.24) is 14.6 Å². The fourth-order valence-electron chi connectivity index (χ4n) is 3.64. The molecule has 0 aliphatic heterocycles. The minimum Gasteiger partial charge on any atom is -0.457 e. The van der Waals surface area contributed by atoms with E-state index in [1.807, 2.05) is 60.7 Å². The van der Waals surface area contributed by atoms with Gasteiger partial charge >= 0.3 is 0 Å². The number of primary amides is 1. The van der Waals surface area contributed by atoms with Crippen molar-refractivity contribution in [3.05, 3.63) is 77.2 Å². The Kier molecular flexibility index (Phi) is 3.87. The highest BCUT2D eigenvalue weighted by Gasteiger charge is 2.24. The Balaban J connectivity index is 1.56. The number of H-pyrrole nitrogens is 1. The lowest BCUT2D eigenvalue weighted by Gasteiger charge is -2.09. The predicted octanol–water partition coefficient (Wildman–Crippen LogP) is 3.47. The number of aromatic nitrogens is 3. The monoisotopic (exact) mass is 385 g/mol. The topological polar surface area (TPSA) is 111 Å². The number of nitrogens with one attached hydrogen (secondary N) is 1. The van der Waals surface area contributed by atoms with Crippen molar-refractivity contribution < 1.29 is 9.53 Å². The van der Waals surface area contributed by atoms with E-state index < -0.39 is 5.91 Å². The number of aromatic amines is 1. The number of carbonyl (C=O) groups is 1. The van der Waals surface area contributed by atoms with Crippen molar-refractivity contribution in [1.29, 1.82) is 0 Å². The van der Waals surface area contributed by atoms with E-state index in [1.165, 1.54) is 0 Å². The Morgan fingerprint density at radius 3 is 2.48 bits per heavy atom. The van der Waals surface area contributed by atoms with Crippen molar-refractivity contribution in [3.8, 4) is 22.8 Å². The molecule has 0 saturated carbocycles. The van der Waals surface area contributed by atoms with Crippen LogP contribution in [-0.4, -0.2) is 20.5 Å². The second-order valence-electron chi connectivity index (χ2n) is 6.99. The average molecular weight is 385 g/mol. The van der Waals surface area contributed by atoms with Gasteiger partial charge in [-0.1, -0.05) is 18.2 Å². The van der Waals surface area contributed by atoms with E-state index >= 15 is 0 Å². The molecule has 1 aliphatic carbocycles. The van der Waals surface area contributed by atoms with Gasteiger partial charge in [0.05, 0.1) is 17.1 Å². The Labute approximate surface area is 166 Å². The molecule has 0 unspecified atom stereocenters. The van der Waals surface area contributed by atoms with Crippen LogP contribution in [0.25, 0.3) is 23.0 Å². The van der Waals surface area contributed by atoms with Gasteiger partial charge in [-0.2, -0.15) is 0 Å². The number of allylic oxidation sites excluding steroid dienone is 1. The average Bonchev–Trinajstić information content (AvgIpc) is 3.25. The Hall–Kier alpha value is -4.00. The molecule has 0 bridgehead atoms. The van der Waals surface area contributed by atoms with Crippen LogP contribution in [0.2, 0.25) is 0 Å². The number of carbonyl (C=O) groups excluding carboxylic acids is 1. The van der Waals surface area contributed by atoms with Crippen molar-refractivity contribution in [3.63, 3.8) is 0 Å². The van der Waals surface area contributed by atoms with Crippen LogP contribution in [0.15, 0.2) is 60.3 Å². The number of aryl methyl sites for hydroxylation is 1. The van der Waals surface area contributed by atoms with E-state index in [9.17, 15) is 4.79 Å². The summed E-state index contributed by atoms with van der Waals surface area (Å²) in [4.78, 5) is 16.9. The fourth-order valence-corrected chi connectivity index (χ4v) is 3.64. The van der Waals surface area contributed by atoms with Crippen molar-refractivity contribution in [2.75, 3.05) is 0 Å². The van der Waals surface area contributed by atoms with Gasteiger partial charge in [-0.25, -0.2) is 9.50 Å². The van der Waals surface area contributed by atoms with Crippen LogP contribution >= 0.6 is 0 Å². The Morgan fingerprint density at radius 2 is 1.76 bits per heavy atom. The molecular weight excluding hydrogens is 366 g/mol. The minimum atomic E-state index is -0.532. The van der Waals surface area contributed by atoms with Gasteiger partial charge in [-0.15, -0.1) is 0 Å². The van der Waals surface area contributed by atoms with Crippen molar-refractivity contribution >= 4 is 17.6 Å². The first kappa shape index (κ1) is 17.1. The largest absolute Gasteiger partial charge is 0.457 e. The summed E-state index contributed by atoms with van der Waals surface area (Å²) in [6, 6.07) is 17.0. The number of ether oxygens (including phenoxy) is 1. The molecule has 5 rings (SSSR count). The number of rotatable bonds is 4. The quantitative estimate of drug-likeness (QED) is 0.499. The Bertz CT molecular complexity index is 1250. The highest BCUT2D eigenvalue weighted by atomic mass is 16.5. The molecule has 0 spiro atoms. The molecule has 0 fully saturated rings. The normalized spacial score (nSPS) is 13.2. The highest BCUT2D eigenvalue weighted by molar-refractivity contribution is 6.05. The number of nitrogens with zero attached hydrogens (tertiary/aromatic N) is 2. The molecule has 29 heavy (non-hydrogen) atoms. The van der Waals surface area contributed by atoms with E-state index in [0.29, 0.717) is 22.7 Å². The zero-order chi connectivity index (χ0) is 20.0. The molecule has 0 saturated heterocycles. The number of imidazole rings is 1. The molecule has 1 aliphatic rings. The lowest BCUT2D eigenvalue weighted by atomic mass is 10.1. The minimum absolute atomic E-state index is 0.364. The number of amides is 1. The molecule has 7 heteroatoms. The zero-order valence-corrected chi connectivity index (χ0v) is 15.6. The van der Waals surface area contributed by atoms with Gasteiger partial charge < -0.3 is 16.2 Å². The smallest absolute Gasteiger partial charge is 0.254 e. The van der Waals surface area contributed by atoms with E-state index in [0.717, 1.165) is 41.2 Å². The SMILES string of the molecule is NC(=O)c1c(-c2ccc(Oc3ccccc3)cc2)[nH]n2c3c(nc12)CCC(N)=C3. The van der Waals surface area contributed by atoms with Crippen LogP contribution in [0.4, 0.5) is 0 Å². The summed E-state index contributed by atoms with van der Waals surface area (Å²) in [5, 5.41) is 3.27. The van der Waals surface area contributed by atoms with Gasteiger partial charge in [0.1, 0.15) is 17.1 Å². The summed E-state index contributed by atoms with van der Waals surface area (Å²) in [5.74, 6) is 0.924. The first-order valence-electron chi connectivity index (χ1n) is 9.32. The van der Waals surface area contributed by atoms with E-state index in [1.54, 1.807) is 4.52 Å². The molecule has 5 N–H and O–H groups in total. The van der Waals surface area contributed by atoms with E-state index in [-0.39, 0.29) is 0 Å². The molecule has 0 radical (unpaired) electrons. The molecular formula is C22H19N5O2. The standard InChI is InChI=1S/C22H19N5O2/c23-14-8-11-17-18(12-14)27-22(25-17)19(21(24)28)20(26-27)13-6-9-16(10-7-13)29-15-4-2-1-3-5-15/h1-7,9-10,12,26H,8,11,23H2,(H2,24,28). The van der Waals surface area contributed by atoms with E-state index in [4.69, 9.17) is 16.2 Å². The molecule has 4 aromatic rings. The fraction of sp³-hybridized carbons (Fsp3) is 0.0909. The lowest BCUT2D eigenvalue weighted by molar-refractivity contribution is 0.100. The number of para-hydroxylation sites is 1. The van der Waals surface area contributed by atoms with Gasteiger partial charge in [0, 0.05) is 11.3 Å². The first-order chi connectivity index (χ1) is 14.1. The maximum atomic E-state index is 12.2. The number of benzene rings is 2. The highest BCUT2D eigenvalue weighted by Crippen LogP contribution is 2.31. The number of nitrogens with two attached hydrogens (primary N) is 2. The summed E-state index contributed by atoms with van der Waals surface area (Å²) in [6.07, 6.45) is 3.39. The summed E-state index contributed by atoms with van der Waals surface area (Å²) < 4.78 is 7.62. The van der Waals surface area contributed by atoms with Crippen LogP contribution < -0.4 is 16.2 Å². The molecule has 2 heterocycles. The molecule has 1 amide bonds. The third-order valence-electron chi connectivity index (χ3n) is 5.03. The molecule has 2 aromatic heterocycles. The van der Waals surface area contributed by atoms with Crippen LogP contribution in [0.1, 0.15) is 28.2 Å². The summed E-state index contributed by atoms with van der Waals surface area (Å²) >= 11 is 0. The van der Waals surface area contributed by atoms with E-state index in [2.05, 4.69) is 10.1 Å². The second-order valence-corrected chi connectivity index (χ2v) is 6.99. The third kappa shape index (κ3) is 2.93. The summed E-state index contributed by atoms with van der Waals surface area (Å²) in [5.41, 5.74) is 16.6. The molecule has 7 nitrogen and oxygen atoms in total. The summed E-state index contributed by atoms with van der Waals surface area (Å²) in [7, 11) is 0. The molecule has 2 aromatic carbocycles. The van der Waals surface area contributed by atoms with Crippen LogP contribution in [0.5, 0.6) is 11.5 Å². The van der Waals surface area contributed by atoms with Crippen LogP contribution in [0.3, 0.4) is 0 Å².